The van der Waals surface area contributed by atoms with E-state index in [4.69, 9.17) is 16.3 Å². The SMILES string of the molecule is O=c1[nH]c(SCCCCOc2ccc(Cl)cc2)nc2c1CCC2. The number of hydrogen-bond acceptors (Lipinski definition) is 4. The molecule has 1 heterocycles. The number of nitrogens with zero attached hydrogens (tertiary/aromatic N) is 1. The summed E-state index contributed by atoms with van der Waals surface area (Å²) in [6.45, 7) is 0.677. The number of rotatable bonds is 7. The highest BCUT2D eigenvalue weighted by molar-refractivity contribution is 7.99. The first kappa shape index (κ1) is 16.4. The Kier molecular flexibility index (Phi) is 5.62. The second kappa shape index (κ2) is 7.88. The van der Waals surface area contributed by atoms with Crippen LogP contribution in [0.25, 0.3) is 0 Å². The Morgan fingerprint density at radius 1 is 1.22 bits per heavy atom. The van der Waals surface area contributed by atoms with Crippen molar-refractivity contribution in [1.82, 2.24) is 9.97 Å². The van der Waals surface area contributed by atoms with E-state index in [0.717, 1.165) is 60.0 Å². The lowest BCUT2D eigenvalue weighted by molar-refractivity contribution is 0.310. The Hall–Kier alpha value is -1.46. The summed E-state index contributed by atoms with van der Waals surface area (Å²) in [6, 6.07) is 7.39. The number of halogens is 1. The van der Waals surface area contributed by atoms with E-state index in [2.05, 4.69) is 9.97 Å². The molecule has 1 aliphatic rings. The van der Waals surface area contributed by atoms with Gasteiger partial charge in [-0.05, 0) is 56.4 Å². The Morgan fingerprint density at radius 2 is 2.04 bits per heavy atom. The molecule has 1 aromatic carbocycles. The molecule has 6 heteroatoms. The largest absolute Gasteiger partial charge is 0.494 e. The highest BCUT2D eigenvalue weighted by Gasteiger charge is 2.16. The molecule has 0 saturated heterocycles. The van der Waals surface area contributed by atoms with Gasteiger partial charge in [0.1, 0.15) is 5.75 Å². The number of H-pyrrole nitrogens is 1. The number of aryl methyl sites for hydroxylation is 1. The number of ether oxygens (including phenoxy) is 1. The van der Waals surface area contributed by atoms with Crippen LogP contribution in [0, 0.1) is 0 Å². The van der Waals surface area contributed by atoms with Gasteiger partial charge in [-0.15, -0.1) is 0 Å². The van der Waals surface area contributed by atoms with Crippen LogP contribution < -0.4 is 10.3 Å². The van der Waals surface area contributed by atoms with Crippen molar-refractivity contribution in [2.75, 3.05) is 12.4 Å². The second-order valence-electron chi connectivity index (χ2n) is 5.51. The third-order valence-corrected chi connectivity index (χ3v) is 4.99. The Balaban J connectivity index is 1.38. The summed E-state index contributed by atoms with van der Waals surface area (Å²) >= 11 is 7.44. The van der Waals surface area contributed by atoms with Crippen LogP contribution in [0.1, 0.15) is 30.5 Å². The van der Waals surface area contributed by atoms with E-state index < -0.39 is 0 Å². The fourth-order valence-corrected chi connectivity index (χ4v) is 3.59. The summed E-state index contributed by atoms with van der Waals surface area (Å²) in [5, 5.41) is 1.46. The maximum atomic E-state index is 11.9. The predicted octanol–water partition coefficient (Wildman–Crippen LogP) is 3.86. The molecule has 4 nitrogen and oxygen atoms in total. The molecule has 0 unspecified atom stereocenters. The van der Waals surface area contributed by atoms with Crippen LogP contribution in [0.4, 0.5) is 0 Å². The quantitative estimate of drug-likeness (QED) is 0.468. The summed E-state index contributed by atoms with van der Waals surface area (Å²) < 4.78 is 5.65. The van der Waals surface area contributed by atoms with Gasteiger partial charge in [-0.3, -0.25) is 4.79 Å². The summed E-state index contributed by atoms with van der Waals surface area (Å²) in [6.07, 6.45) is 4.82. The summed E-state index contributed by atoms with van der Waals surface area (Å²) in [5.74, 6) is 1.76. The molecular formula is C17H19ClN2O2S. The molecule has 0 atom stereocenters. The zero-order valence-electron chi connectivity index (χ0n) is 12.8. The Bertz CT molecular complexity index is 716. The number of fused-ring (bicyclic) bond motifs is 1. The molecule has 0 fully saturated rings. The van der Waals surface area contributed by atoms with Crippen LogP contribution >= 0.6 is 23.4 Å². The number of benzene rings is 1. The molecule has 0 amide bonds. The number of nitrogens with one attached hydrogen (secondary N) is 1. The van der Waals surface area contributed by atoms with Gasteiger partial charge in [0.15, 0.2) is 5.16 Å². The zero-order valence-corrected chi connectivity index (χ0v) is 14.4. The van der Waals surface area contributed by atoms with Crippen molar-refractivity contribution in [3.63, 3.8) is 0 Å². The minimum atomic E-state index is 0.0427. The maximum absolute atomic E-state index is 11.9. The first-order chi connectivity index (χ1) is 11.2. The lowest BCUT2D eigenvalue weighted by Gasteiger charge is -2.06. The second-order valence-corrected chi connectivity index (χ2v) is 7.03. The topological polar surface area (TPSA) is 55.0 Å². The summed E-state index contributed by atoms with van der Waals surface area (Å²) in [7, 11) is 0. The highest BCUT2D eigenvalue weighted by Crippen LogP contribution is 2.20. The predicted molar refractivity (Wildman–Crippen MR) is 93.8 cm³/mol. The Morgan fingerprint density at radius 3 is 2.87 bits per heavy atom. The molecule has 2 aromatic rings. The van der Waals surface area contributed by atoms with E-state index in [-0.39, 0.29) is 5.56 Å². The van der Waals surface area contributed by atoms with Crippen molar-refractivity contribution in [3.05, 3.63) is 50.9 Å². The van der Waals surface area contributed by atoms with Gasteiger partial charge in [-0.1, -0.05) is 23.4 Å². The summed E-state index contributed by atoms with van der Waals surface area (Å²) in [4.78, 5) is 19.3. The average molecular weight is 351 g/mol. The van der Waals surface area contributed by atoms with Gasteiger partial charge in [0.2, 0.25) is 0 Å². The molecule has 1 aromatic heterocycles. The molecule has 0 aliphatic heterocycles. The number of aromatic amines is 1. The lowest BCUT2D eigenvalue weighted by Crippen LogP contribution is -2.15. The van der Waals surface area contributed by atoms with Crippen LogP contribution in [0.15, 0.2) is 34.2 Å². The molecule has 0 bridgehead atoms. The number of aromatic nitrogens is 2. The first-order valence-corrected chi connectivity index (χ1v) is 9.22. The van der Waals surface area contributed by atoms with Crippen molar-refractivity contribution in [2.45, 2.75) is 37.3 Å². The Labute approximate surface area is 144 Å². The van der Waals surface area contributed by atoms with Gasteiger partial charge in [0, 0.05) is 16.3 Å². The van der Waals surface area contributed by atoms with E-state index in [1.165, 1.54) is 0 Å². The van der Waals surface area contributed by atoms with Gasteiger partial charge in [0.25, 0.3) is 5.56 Å². The van der Waals surface area contributed by atoms with Crippen LogP contribution in [0.5, 0.6) is 5.75 Å². The monoisotopic (exact) mass is 350 g/mol. The summed E-state index contributed by atoms with van der Waals surface area (Å²) in [5.41, 5.74) is 1.91. The number of hydrogen-bond donors (Lipinski definition) is 1. The van der Waals surface area contributed by atoms with Gasteiger partial charge < -0.3 is 9.72 Å². The van der Waals surface area contributed by atoms with E-state index in [9.17, 15) is 4.79 Å². The van der Waals surface area contributed by atoms with Crippen LogP contribution in [-0.2, 0) is 12.8 Å². The van der Waals surface area contributed by atoms with E-state index in [1.807, 2.05) is 24.3 Å². The van der Waals surface area contributed by atoms with Crippen LogP contribution in [-0.4, -0.2) is 22.3 Å². The average Bonchev–Trinajstić information content (AvgIpc) is 3.01. The van der Waals surface area contributed by atoms with Crippen LogP contribution in [0.3, 0.4) is 0 Å². The molecule has 23 heavy (non-hydrogen) atoms. The van der Waals surface area contributed by atoms with Crippen LogP contribution in [0.2, 0.25) is 5.02 Å². The van der Waals surface area contributed by atoms with Crippen molar-refractivity contribution >= 4 is 23.4 Å². The zero-order chi connectivity index (χ0) is 16.1. The lowest BCUT2D eigenvalue weighted by atomic mass is 10.3. The van der Waals surface area contributed by atoms with Gasteiger partial charge in [0.05, 0.1) is 12.3 Å². The van der Waals surface area contributed by atoms with Crippen molar-refractivity contribution in [2.24, 2.45) is 0 Å². The molecule has 0 spiro atoms. The number of unbranched alkanes of at least 4 members (excludes halogenated alkanes) is 1. The number of thioether (sulfide) groups is 1. The molecule has 122 valence electrons. The van der Waals surface area contributed by atoms with E-state index >= 15 is 0 Å². The first-order valence-electron chi connectivity index (χ1n) is 7.85. The molecule has 1 aliphatic carbocycles. The maximum Gasteiger partial charge on any atom is 0.254 e. The van der Waals surface area contributed by atoms with E-state index in [1.54, 1.807) is 11.8 Å². The molecule has 1 N–H and O–H groups in total. The van der Waals surface area contributed by atoms with Gasteiger partial charge >= 0.3 is 0 Å². The van der Waals surface area contributed by atoms with Crippen molar-refractivity contribution in [3.8, 4) is 5.75 Å². The third-order valence-electron chi connectivity index (χ3n) is 3.78. The molecule has 0 saturated carbocycles. The molecule has 3 rings (SSSR count). The minimum absolute atomic E-state index is 0.0427. The smallest absolute Gasteiger partial charge is 0.254 e. The van der Waals surface area contributed by atoms with Gasteiger partial charge in [-0.2, -0.15) is 0 Å². The highest BCUT2D eigenvalue weighted by atomic mass is 35.5. The van der Waals surface area contributed by atoms with Gasteiger partial charge in [-0.25, -0.2) is 4.98 Å². The van der Waals surface area contributed by atoms with Crippen molar-refractivity contribution in [1.29, 1.82) is 0 Å². The fraction of sp³-hybridized carbons (Fsp3) is 0.412. The molecular weight excluding hydrogens is 332 g/mol. The normalized spacial score (nSPS) is 13.1. The third kappa shape index (κ3) is 4.52. The van der Waals surface area contributed by atoms with E-state index in [0.29, 0.717) is 11.6 Å². The van der Waals surface area contributed by atoms with Crippen molar-refractivity contribution < 1.29 is 4.74 Å². The minimum Gasteiger partial charge on any atom is -0.494 e. The standard InChI is InChI=1S/C17H19ClN2O2S/c18-12-6-8-13(9-7-12)22-10-1-2-11-23-17-19-15-5-3-4-14(15)16(21)20-17/h6-9H,1-5,10-11H2,(H,19,20,21). The molecule has 0 radical (unpaired) electrons. The fourth-order valence-electron chi connectivity index (χ4n) is 2.58.